The highest BCUT2D eigenvalue weighted by Gasteiger charge is 2.26. The van der Waals surface area contributed by atoms with Crippen molar-refractivity contribution in [3.8, 4) is 34.7 Å². The molecule has 13 aromatic rings. The number of ether oxygens (including phenoxy) is 2. The topological polar surface area (TPSA) is 184 Å². The van der Waals surface area contributed by atoms with E-state index in [0.29, 0.717) is 60.6 Å². The molecule has 0 aliphatic carbocycles. The fourth-order valence-corrected chi connectivity index (χ4v) is 10.6. The molecule has 0 aliphatic rings. The summed E-state index contributed by atoms with van der Waals surface area (Å²) in [5, 5.41) is 24.4. The Labute approximate surface area is 469 Å². The monoisotopic (exact) mass is 1060 g/mol. The molecule has 0 amide bonds. The van der Waals surface area contributed by atoms with Crippen LogP contribution in [0.4, 0.5) is 34.1 Å². The lowest BCUT2D eigenvalue weighted by Gasteiger charge is -2.26. The van der Waals surface area contributed by atoms with Crippen LogP contribution < -0.4 is 9.80 Å². The predicted molar refractivity (Wildman–Crippen MR) is 320 cm³/mol. The quantitative estimate of drug-likeness (QED) is 0.0639. The number of carbonyl (C=O) groups excluding carboxylic acids is 2. The van der Waals surface area contributed by atoms with Crippen molar-refractivity contribution in [1.29, 1.82) is 10.5 Å². The summed E-state index contributed by atoms with van der Waals surface area (Å²) >= 11 is 0. The van der Waals surface area contributed by atoms with Gasteiger partial charge in [-0.15, -0.1) is 0 Å². The van der Waals surface area contributed by atoms with Gasteiger partial charge < -0.3 is 19.3 Å². The van der Waals surface area contributed by atoms with Crippen molar-refractivity contribution >= 4 is 111 Å². The molecule has 0 N–H and O–H groups in total. The number of nitrogens with zero attached hydrogens (tertiary/aromatic N) is 10. The summed E-state index contributed by atoms with van der Waals surface area (Å²) in [6.07, 6.45) is 0. The third-order valence-electron chi connectivity index (χ3n) is 14.3. The largest absolute Gasteiger partial charge is 0.461 e. The molecule has 0 saturated carbocycles. The Morgan fingerprint density at radius 3 is 0.890 bits per heavy atom. The van der Waals surface area contributed by atoms with E-state index in [2.05, 4.69) is 117 Å². The van der Waals surface area contributed by atoms with Crippen molar-refractivity contribution in [3.63, 3.8) is 0 Å². The maximum atomic E-state index is 13.5. The zero-order valence-corrected chi connectivity index (χ0v) is 44.1. The first-order chi connectivity index (χ1) is 40.3. The molecule has 0 bridgehead atoms. The van der Waals surface area contributed by atoms with Gasteiger partial charge in [0.25, 0.3) is 0 Å². The van der Waals surface area contributed by atoms with Gasteiger partial charge >= 0.3 is 11.9 Å². The molecule has 0 radical (unpaired) electrons. The highest BCUT2D eigenvalue weighted by molar-refractivity contribution is 6.30. The Morgan fingerprint density at radius 1 is 0.366 bits per heavy atom. The summed E-state index contributed by atoms with van der Waals surface area (Å²) in [7, 11) is 0. The lowest BCUT2D eigenvalue weighted by Crippen LogP contribution is -2.18. The van der Waals surface area contributed by atoms with E-state index in [0.717, 1.165) is 61.4 Å². The average Bonchev–Trinajstić information content (AvgIpc) is 2.97. The molecule has 10 aromatic carbocycles. The maximum Gasteiger partial charge on any atom is 0.359 e. The number of para-hydroxylation sites is 4. The average molecular weight is 1070 g/mol. The first kappa shape index (κ1) is 50.1. The molecule has 3 aromatic heterocycles. The van der Waals surface area contributed by atoms with Crippen molar-refractivity contribution in [2.24, 2.45) is 0 Å². The van der Waals surface area contributed by atoms with Crippen LogP contribution in [0.15, 0.2) is 206 Å². The second kappa shape index (κ2) is 21.1. The number of benzene rings is 10. The molecular formula is C68H44N10O4. The summed E-state index contributed by atoms with van der Waals surface area (Å²) < 4.78 is 10.7. The Bertz CT molecular complexity index is 4690. The molecule has 3 heterocycles. The van der Waals surface area contributed by atoms with Gasteiger partial charge in [0.05, 0.1) is 57.7 Å². The second-order valence-electron chi connectivity index (χ2n) is 19.2. The summed E-state index contributed by atoms with van der Waals surface area (Å²) in [6.45, 7) is 3.42. The Hall–Kier alpha value is -11.5. The molecule has 0 spiro atoms. The van der Waals surface area contributed by atoms with Crippen molar-refractivity contribution in [2.45, 2.75) is 13.8 Å². The van der Waals surface area contributed by atoms with Crippen molar-refractivity contribution < 1.29 is 19.1 Å². The molecule has 82 heavy (non-hydrogen) atoms. The lowest BCUT2D eigenvalue weighted by atomic mass is 9.92. The SMILES string of the molecule is CCOC(=O)c1nc2cc3c4cc5nc(C#N)c(C#N)nc5cc4c4cc5nc(-c6ccc(N(c7ccccc7)c7ccccc7)cc6)c(-c6ccc(N(c7ccccc7)c7ccccc7)cc6)nc5cc4c3cc2nc1C(=O)OCC. The van der Waals surface area contributed by atoms with Gasteiger partial charge in [-0.1, -0.05) is 97.1 Å². The van der Waals surface area contributed by atoms with Crippen LogP contribution in [0.2, 0.25) is 0 Å². The number of rotatable bonds is 12. The number of esters is 2. The molecule has 0 saturated heterocycles. The number of carbonyl (C=O) groups is 2. The van der Waals surface area contributed by atoms with Crippen LogP contribution >= 0.6 is 0 Å². The first-order valence-electron chi connectivity index (χ1n) is 26.5. The molecule has 14 heteroatoms. The van der Waals surface area contributed by atoms with Gasteiger partial charge in [0, 0.05) is 45.3 Å². The molecular weight excluding hydrogens is 1020 g/mol. The third-order valence-corrected chi connectivity index (χ3v) is 14.3. The maximum absolute atomic E-state index is 13.5. The van der Waals surface area contributed by atoms with Crippen molar-refractivity contribution in [1.82, 2.24) is 29.9 Å². The summed E-state index contributed by atoms with van der Waals surface area (Å²) in [4.78, 5) is 61.0. The van der Waals surface area contributed by atoms with Crippen LogP contribution in [-0.2, 0) is 9.47 Å². The zero-order chi connectivity index (χ0) is 55.8. The van der Waals surface area contributed by atoms with E-state index < -0.39 is 11.9 Å². The number of aromatic nitrogens is 6. The predicted octanol–water partition coefficient (Wildman–Crippen LogP) is 15.3. The fourth-order valence-electron chi connectivity index (χ4n) is 10.6. The zero-order valence-electron chi connectivity index (χ0n) is 44.1. The molecule has 0 unspecified atom stereocenters. The van der Waals surface area contributed by atoms with E-state index in [-0.39, 0.29) is 36.0 Å². The minimum absolute atomic E-state index is 0.0441. The number of fused-ring (bicyclic) bond motifs is 9. The van der Waals surface area contributed by atoms with Gasteiger partial charge in [0.1, 0.15) is 12.1 Å². The van der Waals surface area contributed by atoms with E-state index in [1.54, 1.807) is 13.8 Å². The van der Waals surface area contributed by atoms with Crippen LogP contribution in [0.25, 0.3) is 87.9 Å². The highest BCUT2D eigenvalue weighted by atomic mass is 16.5. The Kier molecular flexibility index (Phi) is 12.8. The van der Waals surface area contributed by atoms with E-state index >= 15 is 0 Å². The van der Waals surface area contributed by atoms with Crippen LogP contribution in [0.5, 0.6) is 0 Å². The highest BCUT2D eigenvalue weighted by Crippen LogP contribution is 2.43. The Morgan fingerprint density at radius 2 is 0.622 bits per heavy atom. The molecule has 0 aliphatic heterocycles. The van der Waals surface area contributed by atoms with E-state index in [4.69, 9.17) is 29.4 Å². The van der Waals surface area contributed by atoms with E-state index in [1.807, 2.05) is 121 Å². The van der Waals surface area contributed by atoms with Gasteiger partial charge in [0.2, 0.25) is 0 Å². The first-order valence-corrected chi connectivity index (χ1v) is 26.5. The molecule has 390 valence electrons. The van der Waals surface area contributed by atoms with Crippen LogP contribution in [-0.4, -0.2) is 55.1 Å². The van der Waals surface area contributed by atoms with Gasteiger partial charge in [-0.3, -0.25) is 0 Å². The van der Waals surface area contributed by atoms with Crippen LogP contribution in [0.1, 0.15) is 46.2 Å². The van der Waals surface area contributed by atoms with Gasteiger partial charge in [-0.05, 0) is 155 Å². The van der Waals surface area contributed by atoms with Crippen molar-refractivity contribution in [2.75, 3.05) is 23.0 Å². The molecule has 0 fully saturated rings. The van der Waals surface area contributed by atoms with Gasteiger partial charge in [0.15, 0.2) is 22.8 Å². The Balaban J connectivity index is 1.07. The molecule has 0 atom stereocenters. The minimum Gasteiger partial charge on any atom is -0.461 e. The van der Waals surface area contributed by atoms with E-state index in [9.17, 15) is 20.1 Å². The molecule has 14 nitrogen and oxygen atoms in total. The fraction of sp³-hybridized carbons (Fsp3) is 0.0588. The van der Waals surface area contributed by atoms with Crippen LogP contribution in [0.3, 0.4) is 0 Å². The number of nitriles is 2. The van der Waals surface area contributed by atoms with E-state index in [1.165, 1.54) is 0 Å². The number of hydrogen-bond donors (Lipinski definition) is 0. The smallest absolute Gasteiger partial charge is 0.359 e. The minimum atomic E-state index is -0.820. The van der Waals surface area contributed by atoms with Gasteiger partial charge in [-0.25, -0.2) is 39.5 Å². The summed E-state index contributed by atoms with van der Waals surface area (Å²) in [6, 6.07) is 73.1. The normalized spacial score (nSPS) is 11.2. The van der Waals surface area contributed by atoms with Crippen molar-refractivity contribution in [3.05, 3.63) is 229 Å². The third kappa shape index (κ3) is 8.98. The number of anilines is 6. The summed E-state index contributed by atoms with van der Waals surface area (Å²) in [5.74, 6) is -1.64. The number of hydrogen-bond acceptors (Lipinski definition) is 14. The standard InChI is InChI=1S/C68H44N10O4/c1-3-81-67(79)65-66(68(80)82-4-2)76-60-38-54-52-36-58-57(35-51(52)49-33-55-56(72-62(40-70)61(39-69)71-55)34-50(49)53(54)37-59(60)75-65)73-63(41-25-29-47(30-26-41)77(43-17-9-5-10-18-43)44-19-11-6-12-20-44)64(74-58)42-27-31-48(32-28-42)78(45-21-13-7-14-22-45)46-23-15-8-16-24-46/h5-38H,3-4H2,1-2H3. The second-order valence-corrected chi connectivity index (χ2v) is 19.2. The van der Waals surface area contributed by atoms with Gasteiger partial charge in [-0.2, -0.15) is 10.5 Å². The lowest BCUT2D eigenvalue weighted by molar-refractivity contribution is 0.0468. The van der Waals surface area contributed by atoms with Crippen LogP contribution in [0, 0.1) is 22.7 Å². The summed E-state index contributed by atoms with van der Waals surface area (Å²) in [5.41, 5.74) is 10.7. The molecule has 13 rings (SSSR count).